The predicted molar refractivity (Wildman–Crippen MR) is 87.5 cm³/mol. The molecule has 0 amide bonds. The van der Waals surface area contributed by atoms with Crippen molar-refractivity contribution in [2.45, 2.75) is 6.92 Å². The van der Waals surface area contributed by atoms with Crippen LogP contribution in [0.25, 0.3) is 0 Å². The summed E-state index contributed by atoms with van der Waals surface area (Å²) in [5.41, 5.74) is 0.238. The number of benzene rings is 1. The molecule has 8 nitrogen and oxygen atoms in total. The van der Waals surface area contributed by atoms with E-state index in [0.29, 0.717) is 5.56 Å². The average molecular weight is 370 g/mol. The van der Waals surface area contributed by atoms with Crippen molar-refractivity contribution in [1.29, 1.82) is 0 Å². The summed E-state index contributed by atoms with van der Waals surface area (Å²) < 4.78 is 14.8. The van der Waals surface area contributed by atoms with Gasteiger partial charge in [-0.2, -0.15) is 0 Å². The molecule has 0 aliphatic carbocycles. The van der Waals surface area contributed by atoms with Gasteiger partial charge >= 0.3 is 17.9 Å². The first-order valence-corrected chi connectivity index (χ1v) is 7.48. The number of hydrogen-bond acceptors (Lipinski definition) is 7. The van der Waals surface area contributed by atoms with Crippen LogP contribution in [0.5, 0.6) is 0 Å². The number of methoxy groups -OCH3 is 2. The van der Waals surface area contributed by atoms with E-state index < -0.39 is 17.9 Å². The number of halogens is 1. The minimum absolute atomic E-state index is 0.0116. The van der Waals surface area contributed by atoms with E-state index in [2.05, 4.69) is 4.74 Å². The van der Waals surface area contributed by atoms with Crippen molar-refractivity contribution < 1.29 is 33.7 Å². The van der Waals surface area contributed by atoms with Gasteiger partial charge in [-0.1, -0.05) is 17.7 Å². The molecule has 1 aromatic carbocycles. The standard InChI is InChI=1S/C16H16ClNO7/c1-8-4-5-10(17)11(14(19)20)12(8)18-7-25-6-9(15(21)23-2)13(18)16(22)24-3/h4-5H,6-7H2,1-3H3,(H,19,20). The maximum Gasteiger partial charge on any atom is 0.355 e. The Bertz CT molecular complexity index is 772. The van der Waals surface area contributed by atoms with Gasteiger partial charge in [0.15, 0.2) is 0 Å². The quantitative estimate of drug-likeness (QED) is 0.801. The van der Waals surface area contributed by atoms with Crippen molar-refractivity contribution in [1.82, 2.24) is 0 Å². The van der Waals surface area contributed by atoms with Crippen LogP contribution in [0.4, 0.5) is 5.69 Å². The Hall–Kier alpha value is -2.58. The third-order valence-electron chi connectivity index (χ3n) is 3.65. The normalized spacial score (nSPS) is 14.3. The van der Waals surface area contributed by atoms with E-state index >= 15 is 0 Å². The number of nitrogens with zero attached hydrogens (tertiary/aromatic N) is 1. The van der Waals surface area contributed by atoms with Crippen molar-refractivity contribution in [3.8, 4) is 0 Å². The molecule has 0 unspecified atom stereocenters. The highest BCUT2D eigenvalue weighted by Gasteiger charge is 2.35. The molecular formula is C16H16ClNO7. The highest BCUT2D eigenvalue weighted by Crippen LogP contribution is 2.35. The number of rotatable bonds is 4. The molecule has 0 atom stereocenters. The number of aromatic carboxylic acids is 1. The van der Waals surface area contributed by atoms with Gasteiger partial charge in [0.25, 0.3) is 0 Å². The predicted octanol–water partition coefficient (Wildman–Crippen LogP) is 1.74. The molecule has 2 rings (SSSR count). The number of ether oxygens (including phenoxy) is 3. The summed E-state index contributed by atoms with van der Waals surface area (Å²) in [7, 11) is 2.32. The first-order chi connectivity index (χ1) is 11.8. The van der Waals surface area contributed by atoms with Crippen molar-refractivity contribution in [2.75, 3.05) is 32.5 Å². The van der Waals surface area contributed by atoms with E-state index in [1.807, 2.05) is 0 Å². The maximum atomic E-state index is 12.3. The van der Waals surface area contributed by atoms with Crippen LogP contribution in [0.3, 0.4) is 0 Å². The molecule has 9 heteroatoms. The molecule has 25 heavy (non-hydrogen) atoms. The van der Waals surface area contributed by atoms with E-state index in [9.17, 15) is 19.5 Å². The molecule has 0 fully saturated rings. The Morgan fingerprint density at radius 2 is 1.84 bits per heavy atom. The number of anilines is 1. The summed E-state index contributed by atoms with van der Waals surface area (Å²) in [6.07, 6.45) is 0. The number of carbonyl (C=O) groups is 3. The van der Waals surface area contributed by atoms with Gasteiger partial charge in [0.1, 0.15) is 18.0 Å². The van der Waals surface area contributed by atoms with Gasteiger partial charge in [0, 0.05) is 0 Å². The molecule has 0 aromatic heterocycles. The Labute approximate surface area is 148 Å². The van der Waals surface area contributed by atoms with Crippen molar-refractivity contribution >= 4 is 35.2 Å². The summed E-state index contributed by atoms with van der Waals surface area (Å²) >= 11 is 6.03. The summed E-state index contributed by atoms with van der Waals surface area (Å²) in [4.78, 5) is 37.2. The van der Waals surface area contributed by atoms with Crippen LogP contribution in [0.2, 0.25) is 5.02 Å². The summed E-state index contributed by atoms with van der Waals surface area (Å²) in [5, 5.41) is 9.52. The zero-order valence-electron chi connectivity index (χ0n) is 13.8. The third kappa shape index (κ3) is 3.45. The van der Waals surface area contributed by atoms with E-state index in [1.54, 1.807) is 13.0 Å². The molecule has 1 heterocycles. The van der Waals surface area contributed by atoms with Crippen LogP contribution in [0.15, 0.2) is 23.4 Å². The van der Waals surface area contributed by atoms with Crippen LogP contribution >= 0.6 is 11.6 Å². The molecule has 1 N–H and O–H groups in total. The lowest BCUT2D eigenvalue weighted by Crippen LogP contribution is -2.40. The molecule has 0 bridgehead atoms. The van der Waals surface area contributed by atoms with E-state index in [0.717, 1.165) is 14.2 Å². The first kappa shape index (κ1) is 18.8. The SMILES string of the molecule is COC(=O)C1=C(C(=O)OC)N(c2c(C)ccc(Cl)c2C(=O)O)COC1. The van der Waals surface area contributed by atoms with Crippen LogP contribution in [0, 0.1) is 6.92 Å². The number of aryl methyl sites for hydroxylation is 1. The Kier molecular flexibility index (Phi) is 5.66. The number of carbonyl (C=O) groups excluding carboxylic acids is 2. The van der Waals surface area contributed by atoms with Gasteiger partial charge in [0.05, 0.1) is 37.1 Å². The fraction of sp³-hybridized carbons (Fsp3) is 0.312. The number of carboxylic acids is 1. The number of hydrogen-bond donors (Lipinski definition) is 1. The lowest BCUT2D eigenvalue weighted by Gasteiger charge is -2.33. The highest BCUT2D eigenvalue weighted by atomic mass is 35.5. The van der Waals surface area contributed by atoms with Crippen LogP contribution < -0.4 is 4.90 Å². The Balaban J connectivity index is 2.77. The second kappa shape index (κ2) is 7.54. The maximum absolute atomic E-state index is 12.3. The molecular weight excluding hydrogens is 354 g/mol. The van der Waals surface area contributed by atoms with Crippen molar-refractivity contribution in [3.05, 3.63) is 39.6 Å². The van der Waals surface area contributed by atoms with E-state index in [4.69, 9.17) is 21.1 Å². The van der Waals surface area contributed by atoms with Gasteiger partial charge in [0.2, 0.25) is 0 Å². The zero-order valence-corrected chi connectivity index (χ0v) is 14.5. The van der Waals surface area contributed by atoms with E-state index in [-0.39, 0.29) is 40.9 Å². The summed E-state index contributed by atoms with van der Waals surface area (Å²) in [6.45, 7) is 1.32. The van der Waals surface area contributed by atoms with Crippen molar-refractivity contribution in [3.63, 3.8) is 0 Å². The number of esters is 2. The smallest absolute Gasteiger partial charge is 0.355 e. The van der Waals surface area contributed by atoms with Crippen LogP contribution in [0.1, 0.15) is 15.9 Å². The lowest BCUT2D eigenvalue weighted by atomic mass is 10.0. The van der Waals surface area contributed by atoms with Gasteiger partial charge in [-0.05, 0) is 18.6 Å². The third-order valence-corrected chi connectivity index (χ3v) is 3.96. The first-order valence-electron chi connectivity index (χ1n) is 7.10. The summed E-state index contributed by atoms with van der Waals surface area (Å²) in [6, 6.07) is 3.04. The average Bonchev–Trinajstić information content (AvgIpc) is 2.61. The lowest BCUT2D eigenvalue weighted by molar-refractivity contribution is -0.140. The second-order valence-electron chi connectivity index (χ2n) is 5.11. The molecule has 0 spiro atoms. The van der Waals surface area contributed by atoms with Crippen molar-refractivity contribution in [2.24, 2.45) is 0 Å². The molecule has 1 aromatic rings. The Morgan fingerprint density at radius 1 is 1.20 bits per heavy atom. The number of carboxylic acid groups (broad SMARTS) is 1. The Morgan fingerprint density at radius 3 is 2.40 bits per heavy atom. The highest BCUT2D eigenvalue weighted by molar-refractivity contribution is 6.34. The van der Waals surface area contributed by atoms with Crippen LogP contribution in [-0.2, 0) is 23.8 Å². The molecule has 0 radical (unpaired) electrons. The van der Waals surface area contributed by atoms with Gasteiger partial charge in [-0.3, -0.25) is 0 Å². The minimum atomic E-state index is -1.28. The molecule has 0 saturated carbocycles. The molecule has 0 saturated heterocycles. The fourth-order valence-corrected chi connectivity index (χ4v) is 2.78. The fourth-order valence-electron chi connectivity index (χ4n) is 2.54. The summed E-state index contributed by atoms with van der Waals surface area (Å²) in [5.74, 6) is -2.88. The van der Waals surface area contributed by atoms with Gasteiger partial charge < -0.3 is 24.2 Å². The molecule has 134 valence electrons. The molecule has 1 aliphatic heterocycles. The second-order valence-corrected chi connectivity index (χ2v) is 5.52. The minimum Gasteiger partial charge on any atom is -0.478 e. The van der Waals surface area contributed by atoms with Gasteiger partial charge in [-0.25, -0.2) is 14.4 Å². The zero-order chi connectivity index (χ0) is 18.7. The van der Waals surface area contributed by atoms with Crippen LogP contribution in [-0.4, -0.2) is 50.6 Å². The van der Waals surface area contributed by atoms with Gasteiger partial charge in [-0.15, -0.1) is 0 Å². The molecule has 1 aliphatic rings. The largest absolute Gasteiger partial charge is 0.478 e. The monoisotopic (exact) mass is 369 g/mol. The van der Waals surface area contributed by atoms with E-state index in [1.165, 1.54) is 11.0 Å². The topological polar surface area (TPSA) is 102 Å².